The van der Waals surface area contributed by atoms with Gasteiger partial charge in [0.25, 0.3) is 0 Å². The van der Waals surface area contributed by atoms with E-state index >= 15 is 0 Å². The van der Waals surface area contributed by atoms with Gasteiger partial charge in [0, 0.05) is 30.3 Å². The molecule has 0 aromatic heterocycles. The van der Waals surface area contributed by atoms with E-state index in [1.54, 1.807) is 17.0 Å². The van der Waals surface area contributed by atoms with Crippen LogP contribution in [0.5, 0.6) is 0 Å². The number of rotatable bonds is 4. The van der Waals surface area contributed by atoms with E-state index in [0.29, 0.717) is 23.1 Å². The minimum Gasteiger partial charge on any atom is -0.351 e. The molecule has 2 aliphatic heterocycles. The summed E-state index contributed by atoms with van der Waals surface area (Å²) >= 11 is 11.3. The van der Waals surface area contributed by atoms with E-state index in [0.717, 1.165) is 44.5 Å². The lowest BCUT2D eigenvalue weighted by Crippen LogP contribution is -2.51. The number of carbonyl (C=O) groups is 2. The van der Waals surface area contributed by atoms with Crippen molar-refractivity contribution in [2.45, 2.75) is 38.1 Å². The molecule has 0 radical (unpaired) electrons. The summed E-state index contributed by atoms with van der Waals surface area (Å²) in [4.78, 5) is 28.9. The first-order valence-electron chi connectivity index (χ1n) is 9.42. The van der Waals surface area contributed by atoms with Gasteiger partial charge in [0.2, 0.25) is 11.8 Å². The van der Waals surface area contributed by atoms with Crippen molar-refractivity contribution in [1.82, 2.24) is 15.1 Å². The highest BCUT2D eigenvalue weighted by Gasteiger charge is 2.30. The lowest BCUT2D eigenvalue weighted by atomic mass is 10.1. The summed E-state index contributed by atoms with van der Waals surface area (Å²) in [6.45, 7) is 2.38. The molecule has 2 aliphatic rings. The van der Waals surface area contributed by atoms with Gasteiger partial charge in [-0.1, -0.05) is 17.7 Å². The number of hydrogen-bond acceptors (Lipinski definition) is 3. The average Bonchev–Trinajstić information content (AvgIpc) is 3.12. The Balaban J connectivity index is 1.57. The summed E-state index contributed by atoms with van der Waals surface area (Å²) in [6, 6.07) is 6.82. The van der Waals surface area contributed by atoms with Crippen LogP contribution in [-0.2, 0) is 9.59 Å². The monoisotopic (exact) mass is 408 g/mol. The van der Waals surface area contributed by atoms with Gasteiger partial charge in [-0.2, -0.15) is 0 Å². The van der Waals surface area contributed by atoms with Crippen LogP contribution in [0.25, 0.3) is 0 Å². The molecular formula is C19H25ClN4O2S. The highest BCUT2D eigenvalue weighted by molar-refractivity contribution is 7.80. The maximum Gasteiger partial charge on any atom is 0.245 e. The van der Waals surface area contributed by atoms with Crippen molar-refractivity contribution in [2.24, 2.45) is 0 Å². The average molecular weight is 409 g/mol. The first-order chi connectivity index (χ1) is 13.0. The van der Waals surface area contributed by atoms with Crippen molar-refractivity contribution >= 4 is 46.4 Å². The zero-order chi connectivity index (χ0) is 19.2. The van der Waals surface area contributed by atoms with Crippen molar-refractivity contribution in [3.8, 4) is 0 Å². The fourth-order valence-electron chi connectivity index (χ4n) is 3.52. The Labute approximate surface area is 170 Å². The third-order valence-corrected chi connectivity index (χ3v) is 5.41. The van der Waals surface area contributed by atoms with Crippen LogP contribution in [-0.4, -0.2) is 58.9 Å². The van der Waals surface area contributed by atoms with Gasteiger partial charge in [0.05, 0.1) is 6.54 Å². The molecule has 2 fully saturated rings. The molecule has 0 bridgehead atoms. The second-order valence-corrected chi connectivity index (χ2v) is 7.85. The third-order valence-electron chi connectivity index (χ3n) is 4.95. The normalized spacial score (nSPS) is 20.3. The number of benzene rings is 1. The Hall–Kier alpha value is -1.86. The Morgan fingerprint density at radius 1 is 1.19 bits per heavy atom. The van der Waals surface area contributed by atoms with Crippen LogP contribution in [0.1, 0.15) is 32.1 Å². The van der Waals surface area contributed by atoms with Crippen LogP contribution in [0.2, 0.25) is 5.02 Å². The van der Waals surface area contributed by atoms with Gasteiger partial charge in [-0.3, -0.25) is 9.59 Å². The van der Waals surface area contributed by atoms with Gasteiger partial charge >= 0.3 is 0 Å². The van der Waals surface area contributed by atoms with Gasteiger partial charge in [-0.05, 0) is 62.5 Å². The fraction of sp³-hybridized carbons (Fsp3) is 0.526. The lowest BCUT2D eigenvalue weighted by Gasteiger charge is -2.27. The molecule has 0 saturated carbocycles. The number of amides is 2. The smallest absolute Gasteiger partial charge is 0.245 e. The molecule has 8 heteroatoms. The van der Waals surface area contributed by atoms with E-state index in [4.69, 9.17) is 23.8 Å². The summed E-state index contributed by atoms with van der Waals surface area (Å²) < 4.78 is 0. The minimum absolute atomic E-state index is 0.0427. The molecule has 1 atom stereocenters. The number of nitrogens with zero attached hydrogens (tertiary/aromatic N) is 2. The summed E-state index contributed by atoms with van der Waals surface area (Å²) in [5.41, 5.74) is 0.766. The predicted octanol–water partition coefficient (Wildman–Crippen LogP) is 2.63. The Kier molecular flexibility index (Phi) is 6.90. The van der Waals surface area contributed by atoms with Crippen molar-refractivity contribution in [2.75, 3.05) is 31.5 Å². The number of hydrogen-bond donors (Lipinski definition) is 2. The lowest BCUT2D eigenvalue weighted by molar-refractivity contribution is -0.140. The quantitative estimate of drug-likeness (QED) is 0.750. The van der Waals surface area contributed by atoms with Gasteiger partial charge in [0.15, 0.2) is 5.11 Å². The molecule has 146 valence electrons. The number of thiocarbonyl (C=S) groups is 1. The van der Waals surface area contributed by atoms with Crippen molar-refractivity contribution < 1.29 is 9.59 Å². The van der Waals surface area contributed by atoms with Crippen LogP contribution in [0.15, 0.2) is 24.3 Å². The molecule has 0 unspecified atom stereocenters. The summed E-state index contributed by atoms with van der Waals surface area (Å²) in [5.74, 6) is -0.0172. The van der Waals surface area contributed by atoms with Gasteiger partial charge in [-0.25, -0.2) is 0 Å². The van der Waals surface area contributed by atoms with Crippen LogP contribution < -0.4 is 10.6 Å². The predicted molar refractivity (Wildman–Crippen MR) is 111 cm³/mol. The van der Waals surface area contributed by atoms with Crippen molar-refractivity contribution in [3.63, 3.8) is 0 Å². The molecule has 2 amide bonds. The van der Waals surface area contributed by atoms with Crippen LogP contribution >= 0.6 is 23.8 Å². The summed E-state index contributed by atoms with van der Waals surface area (Å²) in [5, 5.41) is 7.16. The second kappa shape index (κ2) is 9.37. The van der Waals surface area contributed by atoms with Crippen molar-refractivity contribution in [3.05, 3.63) is 29.3 Å². The highest BCUT2D eigenvalue weighted by atomic mass is 35.5. The molecule has 1 aromatic carbocycles. The molecule has 3 rings (SSSR count). The van der Waals surface area contributed by atoms with E-state index in [-0.39, 0.29) is 18.4 Å². The van der Waals surface area contributed by atoms with Gasteiger partial charge < -0.3 is 20.4 Å². The zero-order valence-corrected chi connectivity index (χ0v) is 16.8. The second-order valence-electron chi connectivity index (χ2n) is 7.00. The highest BCUT2D eigenvalue weighted by Crippen LogP contribution is 2.16. The third kappa shape index (κ3) is 5.56. The van der Waals surface area contributed by atoms with Crippen LogP contribution in [0.3, 0.4) is 0 Å². The number of likely N-dealkylation sites (tertiary alicyclic amines) is 2. The molecule has 2 heterocycles. The van der Waals surface area contributed by atoms with E-state index < -0.39 is 6.04 Å². The minimum atomic E-state index is -0.418. The Bertz CT molecular complexity index is 709. The van der Waals surface area contributed by atoms with E-state index in [1.165, 1.54) is 0 Å². The van der Waals surface area contributed by atoms with Crippen LogP contribution in [0.4, 0.5) is 5.69 Å². The molecule has 2 saturated heterocycles. The SMILES string of the molecule is O=C(CN1CCCC[C@H](NC(=S)Nc2cccc(Cl)c2)C1=O)N1CCCC1. The van der Waals surface area contributed by atoms with Crippen molar-refractivity contribution in [1.29, 1.82) is 0 Å². The maximum atomic E-state index is 12.9. The van der Waals surface area contributed by atoms with E-state index in [9.17, 15) is 9.59 Å². The first-order valence-corrected chi connectivity index (χ1v) is 10.2. The molecule has 1 aromatic rings. The van der Waals surface area contributed by atoms with Crippen LogP contribution in [0, 0.1) is 0 Å². The molecule has 0 aliphatic carbocycles. The number of anilines is 1. The molecular weight excluding hydrogens is 384 g/mol. The maximum absolute atomic E-state index is 12.9. The largest absolute Gasteiger partial charge is 0.351 e. The van der Waals surface area contributed by atoms with E-state index in [2.05, 4.69) is 10.6 Å². The van der Waals surface area contributed by atoms with E-state index in [1.807, 2.05) is 17.0 Å². The standard InChI is InChI=1S/C19H25ClN4O2S/c20-14-6-5-7-15(12-14)21-19(27)22-16-8-1-2-11-24(18(16)26)13-17(25)23-9-3-4-10-23/h5-7,12,16H,1-4,8-11,13H2,(H2,21,22,27)/t16-/m0/s1. The van der Waals surface area contributed by atoms with Gasteiger partial charge in [0.1, 0.15) is 6.04 Å². The number of nitrogens with one attached hydrogen (secondary N) is 2. The summed E-state index contributed by atoms with van der Waals surface area (Å²) in [6.07, 6.45) is 4.61. The zero-order valence-electron chi connectivity index (χ0n) is 15.2. The Morgan fingerprint density at radius 2 is 1.93 bits per heavy atom. The molecule has 6 nitrogen and oxygen atoms in total. The molecule has 0 spiro atoms. The molecule has 2 N–H and O–H groups in total. The number of carbonyl (C=O) groups excluding carboxylic acids is 2. The number of halogens is 1. The van der Waals surface area contributed by atoms with Gasteiger partial charge in [-0.15, -0.1) is 0 Å². The first kappa shape index (κ1) is 19.9. The molecule has 27 heavy (non-hydrogen) atoms. The Morgan fingerprint density at radius 3 is 2.67 bits per heavy atom. The topological polar surface area (TPSA) is 64.7 Å². The summed E-state index contributed by atoms with van der Waals surface area (Å²) in [7, 11) is 0. The fourth-order valence-corrected chi connectivity index (χ4v) is 3.97.